The lowest BCUT2D eigenvalue weighted by Crippen LogP contribution is -2.08. The zero-order chi connectivity index (χ0) is 33.6. The van der Waals surface area contributed by atoms with Gasteiger partial charge in [-0.05, 0) is 64.2 Å². The van der Waals surface area contributed by atoms with Crippen LogP contribution < -0.4 is 0 Å². The average Bonchev–Trinajstić information content (AvgIpc) is 3.02. The van der Waals surface area contributed by atoms with Crippen molar-refractivity contribution in [3.05, 3.63) is 24.3 Å². The summed E-state index contributed by atoms with van der Waals surface area (Å²) in [6.45, 7) is 5.71. The van der Waals surface area contributed by atoms with Gasteiger partial charge in [-0.1, -0.05) is 134 Å². The quantitative estimate of drug-likeness (QED) is 0.0365. The highest BCUT2D eigenvalue weighted by molar-refractivity contribution is 5.83. The first-order valence-electron chi connectivity index (χ1n) is 18.6. The zero-order valence-electron chi connectivity index (χ0n) is 30.0. The number of hydrogen-bond acceptors (Lipinski definition) is 6. The number of unbranched alkanes of at least 4 members (excludes halogenated alkanes) is 19. The number of hydrogen-bond donors (Lipinski definition) is 1. The third-order valence-corrected chi connectivity index (χ3v) is 7.85. The molecule has 0 bridgehead atoms. The Kier molecular flexibility index (Phi) is 38.4. The Hall–Kier alpha value is -1.95. The molecule has 1 N–H and O–H groups in total. The van der Waals surface area contributed by atoms with Crippen LogP contribution in [0.3, 0.4) is 0 Å². The number of carbonyl (C=O) groups is 3. The molecule has 1 atom stereocenters. The van der Waals surface area contributed by atoms with Crippen molar-refractivity contribution in [2.75, 3.05) is 7.11 Å². The van der Waals surface area contributed by atoms with Gasteiger partial charge in [0.25, 0.3) is 0 Å². The summed E-state index contributed by atoms with van der Waals surface area (Å²) < 4.78 is 9.09. The first-order valence-corrected chi connectivity index (χ1v) is 18.6. The number of aliphatic hydroxyl groups is 1. The average molecular weight is 637 g/mol. The molecule has 0 aromatic heterocycles. The lowest BCUT2D eigenvalue weighted by Gasteiger charge is -2.07. The zero-order valence-corrected chi connectivity index (χ0v) is 30.0. The first kappa shape index (κ1) is 45.2. The van der Waals surface area contributed by atoms with Gasteiger partial charge in [-0.15, -0.1) is 0 Å². The van der Waals surface area contributed by atoms with Gasteiger partial charge in [-0.3, -0.25) is 14.4 Å². The molecule has 0 heterocycles. The predicted octanol–water partition coefficient (Wildman–Crippen LogP) is 11.3. The summed E-state index contributed by atoms with van der Waals surface area (Å²) >= 11 is 0. The highest BCUT2D eigenvalue weighted by Gasteiger charge is 2.05. The van der Waals surface area contributed by atoms with Crippen LogP contribution in [0.4, 0.5) is 0 Å². The maximum absolute atomic E-state index is 11.1. The lowest BCUT2D eigenvalue weighted by molar-refractivity contribution is -0.158. The molecule has 0 saturated carbocycles. The topological polar surface area (TPSA) is 89.9 Å². The molecule has 0 aromatic rings. The van der Waals surface area contributed by atoms with E-state index in [1.54, 1.807) is 0 Å². The largest absolute Gasteiger partial charge is 0.469 e. The summed E-state index contributed by atoms with van der Waals surface area (Å²) in [5.74, 6) is -1.02. The van der Waals surface area contributed by atoms with Gasteiger partial charge in [0.15, 0.2) is 0 Å². The summed E-state index contributed by atoms with van der Waals surface area (Å²) in [7, 11) is 1.46. The van der Waals surface area contributed by atoms with E-state index in [0.717, 1.165) is 70.6 Å². The van der Waals surface area contributed by atoms with Crippen molar-refractivity contribution in [2.24, 2.45) is 0 Å². The van der Waals surface area contributed by atoms with Crippen LogP contribution in [-0.4, -0.2) is 36.2 Å². The fourth-order valence-corrected chi connectivity index (χ4v) is 5.01. The van der Waals surface area contributed by atoms with Crippen molar-refractivity contribution in [3.63, 3.8) is 0 Å². The number of methoxy groups -OCH3 is 1. The van der Waals surface area contributed by atoms with Crippen LogP contribution in [0.15, 0.2) is 24.3 Å². The first-order chi connectivity index (χ1) is 21.9. The van der Waals surface area contributed by atoms with Crippen LogP contribution in [-0.2, 0) is 23.9 Å². The monoisotopic (exact) mass is 637 g/mol. The Bertz CT molecular complexity index is 714. The Morgan fingerprint density at radius 2 is 0.956 bits per heavy atom. The molecule has 0 aliphatic carbocycles. The van der Waals surface area contributed by atoms with Crippen LogP contribution in [0, 0.1) is 0 Å². The molecule has 6 nitrogen and oxygen atoms in total. The molecule has 6 heteroatoms. The highest BCUT2D eigenvalue weighted by Crippen LogP contribution is 2.12. The van der Waals surface area contributed by atoms with Gasteiger partial charge in [-0.2, -0.15) is 0 Å². The van der Waals surface area contributed by atoms with Crippen molar-refractivity contribution < 1.29 is 29.0 Å². The van der Waals surface area contributed by atoms with Crippen molar-refractivity contribution in [3.8, 4) is 0 Å². The molecular weight excluding hydrogens is 564 g/mol. The molecule has 0 aliphatic rings. The number of allylic oxidation sites excluding steroid dienone is 3. The number of aliphatic hydroxyl groups excluding tert-OH is 1. The number of esters is 3. The molecule has 0 aliphatic heterocycles. The number of ether oxygens (including phenoxy) is 2. The summed E-state index contributed by atoms with van der Waals surface area (Å²) in [5, 5.41) is 9.84. The Morgan fingerprint density at radius 1 is 0.556 bits per heavy atom. The maximum Gasteiger partial charge on any atom is 0.313 e. The Balaban J connectivity index is 0. The lowest BCUT2D eigenvalue weighted by atomic mass is 10.1. The maximum atomic E-state index is 11.1. The number of carbonyl (C=O) groups excluding carboxylic acids is 3. The Morgan fingerprint density at radius 3 is 1.42 bits per heavy atom. The molecule has 0 fully saturated rings. The molecule has 0 amide bonds. The second-order valence-corrected chi connectivity index (χ2v) is 12.4. The van der Waals surface area contributed by atoms with E-state index in [1.807, 2.05) is 0 Å². The summed E-state index contributed by atoms with van der Waals surface area (Å²) in [4.78, 5) is 32.6. The third-order valence-electron chi connectivity index (χ3n) is 7.85. The SMILES string of the molecule is CCCCCCC(O)C/C=C\CCCCCCCC(=O)OC(C)=O.CCCCCCCC/C=C\CCCCCCCC(=O)OC. The minimum Gasteiger partial charge on any atom is -0.469 e. The van der Waals surface area contributed by atoms with Gasteiger partial charge >= 0.3 is 17.9 Å². The minimum absolute atomic E-state index is 0.0763. The molecule has 264 valence electrons. The van der Waals surface area contributed by atoms with Crippen LogP contribution in [0.1, 0.15) is 194 Å². The van der Waals surface area contributed by atoms with Gasteiger partial charge in [0.2, 0.25) is 0 Å². The standard InChI is InChI=1S/C20H36O4.C19H36O2/c1-3-4-5-12-15-19(22)16-13-10-8-6-7-9-11-14-17-20(23)24-18(2)21;1-3-4-5-6-7-8-9-10-11-12-13-14-15-16-17-18-19(20)21-2/h10,13,19,22H,3-9,11-12,14-17H2,1-2H3;10-11H,3-9,12-18H2,1-2H3/b13-10-;11-10-. The van der Waals surface area contributed by atoms with E-state index < -0.39 is 11.9 Å². The second kappa shape index (κ2) is 38.2. The van der Waals surface area contributed by atoms with E-state index in [2.05, 4.69) is 47.6 Å². The summed E-state index contributed by atoms with van der Waals surface area (Å²) in [6, 6.07) is 0. The molecule has 0 rings (SSSR count). The van der Waals surface area contributed by atoms with Crippen molar-refractivity contribution >= 4 is 17.9 Å². The molecule has 1 unspecified atom stereocenters. The second-order valence-electron chi connectivity index (χ2n) is 12.4. The number of rotatable bonds is 30. The fraction of sp³-hybridized carbons (Fsp3) is 0.821. The van der Waals surface area contributed by atoms with E-state index in [4.69, 9.17) is 0 Å². The smallest absolute Gasteiger partial charge is 0.313 e. The van der Waals surface area contributed by atoms with Crippen LogP contribution in [0.25, 0.3) is 0 Å². The molecule has 0 radical (unpaired) electrons. The normalized spacial score (nSPS) is 11.8. The molecular formula is C39H72O6. The van der Waals surface area contributed by atoms with Crippen molar-refractivity contribution in [2.45, 2.75) is 200 Å². The van der Waals surface area contributed by atoms with E-state index >= 15 is 0 Å². The van der Waals surface area contributed by atoms with Crippen LogP contribution in [0.2, 0.25) is 0 Å². The van der Waals surface area contributed by atoms with Crippen molar-refractivity contribution in [1.82, 2.24) is 0 Å². The predicted molar refractivity (Wildman–Crippen MR) is 189 cm³/mol. The minimum atomic E-state index is -0.530. The van der Waals surface area contributed by atoms with Gasteiger partial charge in [0.1, 0.15) is 0 Å². The van der Waals surface area contributed by atoms with Gasteiger partial charge < -0.3 is 14.6 Å². The Labute approximate surface area is 278 Å². The van der Waals surface area contributed by atoms with Gasteiger partial charge in [0, 0.05) is 19.8 Å². The van der Waals surface area contributed by atoms with E-state index in [9.17, 15) is 19.5 Å². The van der Waals surface area contributed by atoms with Gasteiger partial charge in [0.05, 0.1) is 13.2 Å². The van der Waals surface area contributed by atoms with Gasteiger partial charge in [-0.25, -0.2) is 0 Å². The molecule has 0 spiro atoms. The highest BCUT2D eigenvalue weighted by atomic mass is 16.6. The van der Waals surface area contributed by atoms with E-state index in [-0.39, 0.29) is 12.1 Å². The molecule has 45 heavy (non-hydrogen) atoms. The molecule has 0 aromatic carbocycles. The van der Waals surface area contributed by atoms with Crippen molar-refractivity contribution in [1.29, 1.82) is 0 Å². The van der Waals surface area contributed by atoms with Crippen LogP contribution in [0.5, 0.6) is 0 Å². The summed E-state index contributed by atoms with van der Waals surface area (Å²) in [6.07, 6.45) is 39.1. The van der Waals surface area contributed by atoms with E-state index in [0.29, 0.717) is 12.8 Å². The van der Waals surface area contributed by atoms with E-state index in [1.165, 1.54) is 104 Å². The van der Waals surface area contributed by atoms with Crippen LogP contribution >= 0.6 is 0 Å². The third kappa shape index (κ3) is 42.0. The molecule has 0 saturated heterocycles. The summed E-state index contributed by atoms with van der Waals surface area (Å²) in [5.41, 5.74) is 0. The fourth-order valence-electron chi connectivity index (χ4n) is 5.01.